The molecule has 2 aromatic carbocycles. The smallest absolute Gasteiger partial charge is 0.371 e. The predicted molar refractivity (Wildman–Crippen MR) is 93.1 cm³/mol. The first-order valence-corrected chi connectivity index (χ1v) is 9.80. The van der Waals surface area contributed by atoms with Crippen LogP contribution >= 0.6 is 7.14 Å². The number of hydrogen-bond donors (Lipinski definition) is 1. The first kappa shape index (κ1) is 14.7. The lowest BCUT2D eigenvalue weighted by atomic mass is 10.1. The average molecular weight is 295 g/mol. The van der Waals surface area contributed by atoms with Gasteiger partial charge in [0.05, 0.1) is 11.0 Å². The molecule has 1 nitrogen and oxygen atoms in total. The van der Waals surface area contributed by atoms with Crippen molar-refractivity contribution in [2.75, 3.05) is 6.16 Å². The summed E-state index contributed by atoms with van der Waals surface area (Å²) in [6.07, 6.45) is 5.64. The zero-order valence-corrected chi connectivity index (χ0v) is 13.2. The van der Waals surface area contributed by atoms with Crippen molar-refractivity contribution in [1.82, 2.24) is 0 Å². The highest BCUT2D eigenvalue weighted by Crippen LogP contribution is 2.64. The van der Waals surface area contributed by atoms with Gasteiger partial charge in [0, 0.05) is 6.16 Å². The van der Waals surface area contributed by atoms with Crippen LogP contribution in [-0.4, -0.2) is 24.5 Å². The number of benzene rings is 2. The van der Waals surface area contributed by atoms with Gasteiger partial charge < -0.3 is 5.11 Å². The van der Waals surface area contributed by atoms with Gasteiger partial charge in [-0.1, -0.05) is 36.4 Å². The molecule has 3 rings (SSSR count). The van der Waals surface area contributed by atoms with Gasteiger partial charge in [0.15, 0.2) is 0 Å². The van der Waals surface area contributed by atoms with Crippen molar-refractivity contribution < 1.29 is 5.11 Å². The Morgan fingerprint density at radius 1 is 1.05 bits per heavy atom. The summed E-state index contributed by atoms with van der Waals surface area (Å²) in [5.41, 5.74) is 1.64. The molecular weight excluding hydrogens is 274 g/mol. The third-order valence-corrected chi connectivity index (χ3v) is 8.83. The van der Waals surface area contributed by atoms with E-state index in [1.165, 1.54) is 24.3 Å². The van der Waals surface area contributed by atoms with E-state index in [0.717, 1.165) is 18.4 Å². The first-order chi connectivity index (χ1) is 10.2. The highest BCUT2D eigenvalue weighted by atomic mass is 31.2. The van der Waals surface area contributed by atoms with E-state index in [0.29, 0.717) is 11.4 Å². The van der Waals surface area contributed by atoms with E-state index in [4.69, 9.17) is 7.57 Å². The largest absolute Gasteiger partial charge is 0.508 e. The molecule has 0 aromatic heterocycles. The van der Waals surface area contributed by atoms with E-state index in [2.05, 4.69) is 30.3 Å². The Morgan fingerprint density at radius 2 is 1.76 bits per heavy atom. The van der Waals surface area contributed by atoms with Gasteiger partial charge in [-0.05, 0) is 56.6 Å². The molecule has 1 N–H and O–H groups in total. The molecule has 2 atom stereocenters. The van der Waals surface area contributed by atoms with Crippen molar-refractivity contribution in [1.29, 1.82) is 0 Å². The maximum absolute atomic E-state index is 9.91. The molecule has 0 saturated carbocycles. The molecule has 0 spiro atoms. The van der Waals surface area contributed by atoms with E-state index >= 15 is 0 Å². The molecule has 1 aliphatic rings. The summed E-state index contributed by atoms with van der Waals surface area (Å²) in [4.78, 5) is 0. The summed E-state index contributed by atoms with van der Waals surface area (Å²) in [5, 5.41) is 11.3. The third kappa shape index (κ3) is 3.01. The zero-order valence-electron chi connectivity index (χ0n) is 12.3. The van der Waals surface area contributed by atoms with E-state index in [1.54, 1.807) is 6.07 Å². The maximum Gasteiger partial charge on any atom is 0.371 e. The molecule has 1 aliphatic heterocycles. The van der Waals surface area contributed by atoms with Gasteiger partial charge in [-0.3, -0.25) is 0 Å². The maximum atomic E-state index is 9.91. The fourth-order valence-corrected chi connectivity index (χ4v) is 7.18. The molecule has 3 heteroatoms. The Hall–Kier alpha value is -1.27. The number of aromatic hydroxyl groups is 1. The number of para-hydroxylation sites is 1. The minimum absolute atomic E-state index is 0.413. The van der Waals surface area contributed by atoms with Crippen LogP contribution in [0.25, 0.3) is 0 Å². The van der Waals surface area contributed by atoms with Crippen molar-refractivity contribution in [3.05, 3.63) is 60.2 Å². The van der Waals surface area contributed by atoms with Crippen LogP contribution in [0.5, 0.6) is 5.75 Å². The van der Waals surface area contributed by atoms with Crippen molar-refractivity contribution in [3.63, 3.8) is 0 Å². The van der Waals surface area contributed by atoms with Crippen molar-refractivity contribution in [2.45, 2.75) is 31.3 Å². The highest BCUT2D eigenvalue weighted by Gasteiger charge is 2.46. The van der Waals surface area contributed by atoms with Crippen LogP contribution < -0.4 is 5.30 Å². The second-order valence-corrected chi connectivity index (χ2v) is 9.51. The molecule has 0 aliphatic carbocycles. The summed E-state index contributed by atoms with van der Waals surface area (Å²) >= 11 is 0. The molecule has 2 radical (unpaired) electrons. The normalized spacial score (nSPS) is 25.0. The quantitative estimate of drug-likeness (QED) is 0.669. The Kier molecular flexibility index (Phi) is 4.36. The van der Waals surface area contributed by atoms with Crippen molar-refractivity contribution in [2.24, 2.45) is 0 Å². The number of hydrogen-bond acceptors (Lipinski definition) is 1. The molecule has 2 aromatic rings. The lowest BCUT2D eigenvalue weighted by Crippen LogP contribution is -2.21. The molecule has 2 unspecified atom stereocenters. The van der Waals surface area contributed by atoms with Gasteiger partial charge in [-0.25, -0.2) is 0 Å². The van der Waals surface area contributed by atoms with E-state index in [-0.39, 0.29) is 0 Å². The molecule has 1 saturated heterocycles. The Morgan fingerprint density at radius 3 is 2.52 bits per heavy atom. The summed E-state index contributed by atoms with van der Waals surface area (Å²) in [6, 6.07) is 18.3. The van der Waals surface area contributed by atoms with E-state index in [9.17, 15) is 5.11 Å². The number of aryl methyl sites for hydroxylation is 1. The number of phenols is 1. The standard InChI is InChI=1S/C18H21BOP/c19-21(16-8-2-1-3-9-16)14-6-10-17(21)13-12-15-7-4-5-11-18(15)20/h1-5,7-9,11,17,20H,6,10,12-14H2/q+1. The molecule has 106 valence electrons. The lowest BCUT2D eigenvalue weighted by molar-refractivity contribution is 0.466. The van der Waals surface area contributed by atoms with Crippen molar-refractivity contribution in [3.8, 4) is 5.75 Å². The second kappa shape index (κ2) is 6.24. The minimum atomic E-state index is -1.52. The van der Waals surface area contributed by atoms with Crippen molar-refractivity contribution >= 4 is 20.0 Å². The molecule has 1 heterocycles. The van der Waals surface area contributed by atoms with Gasteiger partial charge in [-0.2, -0.15) is 0 Å². The van der Waals surface area contributed by atoms with Crippen LogP contribution in [-0.2, 0) is 6.42 Å². The van der Waals surface area contributed by atoms with Gasteiger partial charge in [-0.15, -0.1) is 0 Å². The van der Waals surface area contributed by atoms with Gasteiger partial charge in [0.1, 0.15) is 5.75 Å². The summed E-state index contributed by atoms with van der Waals surface area (Å²) in [5.74, 6) is 0.413. The molecule has 0 amide bonds. The Bertz CT molecular complexity index is 601. The predicted octanol–water partition coefficient (Wildman–Crippen LogP) is 3.91. The summed E-state index contributed by atoms with van der Waals surface area (Å²) < 4.78 is 0. The van der Waals surface area contributed by atoms with Crippen LogP contribution in [0.4, 0.5) is 0 Å². The van der Waals surface area contributed by atoms with Crippen LogP contribution in [0.15, 0.2) is 54.6 Å². The van der Waals surface area contributed by atoms with Gasteiger partial charge in [0.2, 0.25) is 0 Å². The summed E-state index contributed by atoms with van der Waals surface area (Å²) in [7, 11) is 5.36. The van der Waals surface area contributed by atoms with Crippen LogP contribution in [0.2, 0.25) is 0 Å². The van der Waals surface area contributed by atoms with E-state index in [1.807, 2.05) is 18.2 Å². The van der Waals surface area contributed by atoms with Crippen LogP contribution in [0.1, 0.15) is 24.8 Å². The second-order valence-electron chi connectivity index (χ2n) is 5.95. The van der Waals surface area contributed by atoms with Gasteiger partial charge in [0.25, 0.3) is 0 Å². The third-order valence-electron chi connectivity index (χ3n) is 4.69. The molecular formula is C18H21BOP+. The number of phenolic OH excluding ortho intramolecular Hbond substituents is 1. The van der Waals surface area contributed by atoms with Gasteiger partial charge >= 0.3 is 7.57 Å². The average Bonchev–Trinajstić information content (AvgIpc) is 2.90. The Labute approximate surface area is 129 Å². The fourth-order valence-electron chi connectivity index (χ4n) is 3.47. The Balaban J connectivity index is 1.74. The lowest BCUT2D eigenvalue weighted by Gasteiger charge is -2.25. The molecule has 1 fully saturated rings. The monoisotopic (exact) mass is 295 g/mol. The van der Waals surface area contributed by atoms with Crippen LogP contribution in [0.3, 0.4) is 0 Å². The SMILES string of the molecule is [B][P+]1(c2ccccc2)CCCC1CCc1ccccc1O. The summed E-state index contributed by atoms with van der Waals surface area (Å²) in [6.45, 7) is 0. The molecule has 0 bridgehead atoms. The van der Waals surface area contributed by atoms with Crippen LogP contribution in [0, 0.1) is 0 Å². The van der Waals surface area contributed by atoms with E-state index < -0.39 is 7.14 Å². The zero-order chi connectivity index (χ0) is 14.7. The first-order valence-electron chi connectivity index (χ1n) is 7.69. The number of rotatable bonds is 4. The highest BCUT2D eigenvalue weighted by molar-refractivity contribution is 8.03. The fraction of sp³-hybridized carbons (Fsp3) is 0.333. The topological polar surface area (TPSA) is 20.2 Å². The minimum Gasteiger partial charge on any atom is -0.508 e. The molecule has 21 heavy (non-hydrogen) atoms.